The van der Waals surface area contributed by atoms with Gasteiger partial charge in [0, 0.05) is 25.7 Å². The number of amides is 1. The molecule has 0 spiro atoms. The third-order valence-electron chi connectivity index (χ3n) is 4.82. The molecule has 10 heteroatoms. The van der Waals surface area contributed by atoms with E-state index < -0.39 is 23.4 Å². The van der Waals surface area contributed by atoms with Gasteiger partial charge in [-0.1, -0.05) is 0 Å². The number of hydrogen-bond acceptors (Lipinski definition) is 6. The van der Waals surface area contributed by atoms with Crippen LogP contribution >= 0.6 is 11.3 Å². The van der Waals surface area contributed by atoms with Crippen molar-refractivity contribution in [2.45, 2.75) is 58.2 Å². The van der Waals surface area contributed by atoms with Crippen molar-refractivity contribution in [3.63, 3.8) is 0 Å². The Labute approximate surface area is 171 Å². The summed E-state index contributed by atoms with van der Waals surface area (Å²) in [6.45, 7) is 6.15. The summed E-state index contributed by atoms with van der Waals surface area (Å²) in [6.07, 6.45) is 0.282. The SMILES string of the molecule is CC(C)(C)OC(=O)N1CCC(n2c(=O)c3sccc3n(CCC(=O)O)c2=O)CC1. The van der Waals surface area contributed by atoms with Gasteiger partial charge in [0.25, 0.3) is 5.56 Å². The number of thiophene rings is 1. The fraction of sp³-hybridized carbons (Fsp3) is 0.579. The minimum Gasteiger partial charge on any atom is -0.481 e. The highest BCUT2D eigenvalue weighted by molar-refractivity contribution is 7.17. The summed E-state index contributed by atoms with van der Waals surface area (Å²) < 4.78 is 8.41. The fourth-order valence-electron chi connectivity index (χ4n) is 3.48. The van der Waals surface area contributed by atoms with E-state index in [4.69, 9.17) is 9.84 Å². The highest BCUT2D eigenvalue weighted by Crippen LogP contribution is 2.23. The van der Waals surface area contributed by atoms with Gasteiger partial charge in [-0.3, -0.25) is 18.7 Å². The van der Waals surface area contributed by atoms with Crippen LogP contribution in [0.1, 0.15) is 46.1 Å². The molecule has 158 valence electrons. The van der Waals surface area contributed by atoms with Gasteiger partial charge in [0.2, 0.25) is 0 Å². The van der Waals surface area contributed by atoms with Crippen molar-refractivity contribution in [3.8, 4) is 0 Å². The second-order valence-corrected chi connectivity index (χ2v) is 9.00. The summed E-state index contributed by atoms with van der Waals surface area (Å²) in [5, 5.41) is 10.7. The lowest BCUT2D eigenvalue weighted by Gasteiger charge is -2.34. The maximum atomic E-state index is 13.0. The van der Waals surface area contributed by atoms with Crippen LogP contribution in [0.15, 0.2) is 21.0 Å². The van der Waals surface area contributed by atoms with Gasteiger partial charge in [-0.25, -0.2) is 9.59 Å². The smallest absolute Gasteiger partial charge is 0.410 e. The third-order valence-corrected chi connectivity index (χ3v) is 5.71. The Kier molecular flexibility index (Phi) is 5.83. The molecule has 0 atom stereocenters. The Morgan fingerprint density at radius 3 is 2.48 bits per heavy atom. The number of aromatic nitrogens is 2. The number of aryl methyl sites for hydroxylation is 1. The second-order valence-electron chi connectivity index (χ2n) is 8.09. The van der Waals surface area contributed by atoms with Gasteiger partial charge >= 0.3 is 17.8 Å². The van der Waals surface area contributed by atoms with Crippen molar-refractivity contribution in [3.05, 3.63) is 32.3 Å². The molecular weight excluding hydrogens is 398 g/mol. The summed E-state index contributed by atoms with van der Waals surface area (Å²) in [5.41, 5.74) is -0.985. The number of likely N-dealkylation sites (tertiary alicyclic amines) is 1. The number of carbonyl (C=O) groups excluding carboxylic acids is 1. The molecule has 9 nitrogen and oxygen atoms in total. The van der Waals surface area contributed by atoms with Crippen molar-refractivity contribution in [1.82, 2.24) is 14.0 Å². The van der Waals surface area contributed by atoms with E-state index in [1.165, 1.54) is 20.5 Å². The molecule has 3 rings (SSSR count). The molecular formula is C19H25N3O6S. The lowest BCUT2D eigenvalue weighted by molar-refractivity contribution is -0.137. The first kappa shape index (κ1) is 21.1. The number of carbonyl (C=O) groups is 2. The van der Waals surface area contributed by atoms with E-state index in [-0.39, 0.29) is 24.6 Å². The summed E-state index contributed by atoms with van der Waals surface area (Å²) in [6, 6.07) is 1.32. The molecule has 3 heterocycles. The normalized spacial score (nSPS) is 15.6. The number of carboxylic acid groups (broad SMARTS) is 1. The van der Waals surface area contributed by atoms with E-state index in [0.29, 0.717) is 36.1 Å². The molecule has 0 aliphatic carbocycles. The van der Waals surface area contributed by atoms with Crippen LogP contribution in [-0.2, 0) is 16.1 Å². The summed E-state index contributed by atoms with van der Waals surface area (Å²) in [4.78, 5) is 50.8. The van der Waals surface area contributed by atoms with Crippen molar-refractivity contribution < 1.29 is 19.4 Å². The number of rotatable bonds is 4. The zero-order valence-corrected chi connectivity index (χ0v) is 17.5. The maximum absolute atomic E-state index is 13.0. The molecule has 1 saturated heterocycles. The van der Waals surface area contributed by atoms with Crippen molar-refractivity contribution in [1.29, 1.82) is 0 Å². The number of fused-ring (bicyclic) bond motifs is 1. The quantitative estimate of drug-likeness (QED) is 0.808. The van der Waals surface area contributed by atoms with E-state index in [1.54, 1.807) is 37.1 Å². The Bertz CT molecular complexity index is 1040. The number of carboxylic acids is 1. The van der Waals surface area contributed by atoms with Crippen LogP contribution in [0.5, 0.6) is 0 Å². The van der Waals surface area contributed by atoms with Crippen LogP contribution < -0.4 is 11.2 Å². The van der Waals surface area contributed by atoms with Gasteiger partial charge in [-0.15, -0.1) is 11.3 Å². The lowest BCUT2D eigenvalue weighted by Crippen LogP contribution is -2.47. The van der Waals surface area contributed by atoms with Crippen LogP contribution in [0.3, 0.4) is 0 Å². The molecule has 29 heavy (non-hydrogen) atoms. The fourth-order valence-corrected chi connectivity index (χ4v) is 4.31. The average Bonchev–Trinajstić information content (AvgIpc) is 3.10. The zero-order valence-electron chi connectivity index (χ0n) is 16.7. The summed E-state index contributed by atoms with van der Waals surface area (Å²) >= 11 is 1.24. The first-order valence-electron chi connectivity index (χ1n) is 9.51. The molecule has 0 saturated carbocycles. The monoisotopic (exact) mass is 423 g/mol. The van der Waals surface area contributed by atoms with Crippen LogP contribution in [0, 0.1) is 0 Å². The first-order chi connectivity index (χ1) is 13.6. The van der Waals surface area contributed by atoms with E-state index in [9.17, 15) is 19.2 Å². The Hall–Kier alpha value is -2.62. The standard InChI is InChI=1S/C19H25N3O6S/c1-19(2,3)28-18(27)20-8-4-12(5-9-20)22-16(25)15-13(7-11-29-15)21(17(22)26)10-6-14(23)24/h7,11-12H,4-6,8-10H2,1-3H3,(H,23,24). The third kappa shape index (κ3) is 4.52. The number of hydrogen-bond donors (Lipinski definition) is 1. The van der Waals surface area contributed by atoms with Gasteiger partial charge < -0.3 is 14.7 Å². The number of nitrogens with zero attached hydrogens (tertiary/aromatic N) is 3. The highest BCUT2D eigenvalue weighted by atomic mass is 32.1. The van der Waals surface area contributed by atoms with E-state index in [2.05, 4.69) is 0 Å². The average molecular weight is 423 g/mol. The number of ether oxygens (including phenoxy) is 1. The van der Waals surface area contributed by atoms with Gasteiger partial charge in [0.15, 0.2) is 0 Å². The molecule has 1 N–H and O–H groups in total. The van der Waals surface area contributed by atoms with Crippen molar-refractivity contribution in [2.24, 2.45) is 0 Å². The van der Waals surface area contributed by atoms with Crippen LogP contribution in [0.4, 0.5) is 4.79 Å². The molecule has 1 amide bonds. The molecule has 2 aromatic heterocycles. The minimum atomic E-state index is -1.01. The van der Waals surface area contributed by atoms with E-state index in [1.807, 2.05) is 0 Å². The van der Waals surface area contributed by atoms with Crippen LogP contribution in [0.25, 0.3) is 10.2 Å². The topological polar surface area (TPSA) is 111 Å². The Morgan fingerprint density at radius 2 is 1.90 bits per heavy atom. The molecule has 1 aliphatic rings. The van der Waals surface area contributed by atoms with Crippen molar-refractivity contribution in [2.75, 3.05) is 13.1 Å². The summed E-state index contributed by atoms with van der Waals surface area (Å²) in [5.74, 6) is -1.01. The van der Waals surface area contributed by atoms with Gasteiger partial charge in [-0.05, 0) is 45.1 Å². The molecule has 0 radical (unpaired) electrons. The molecule has 1 fully saturated rings. The lowest BCUT2D eigenvalue weighted by atomic mass is 10.1. The number of piperidine rings is 1. The summed E-state index contributed by atoms with van der Waals surface area (Å²) in [7, 11) is 0. The molecule has 2 aromatic rings. The van der Waals surface area contributed by atoms with E-state index in [0.717, 1.165) is 0 Å². The first-order valence-corrected chi connectivity index (χ1v) is 10.4. The highest BCUT2D eigenvalue weighted by Gasteiger charge is 2.30. The maximum Gasteiger partial charge on any atom is 0.410 e. The van der Waals surface area contributed by atoms with Gasteiger partial charge in [0.05, 0.1) is 11.9 Å². The largest absolute Gasteiger partial charge is 0.481 e. The van der Waals surface area contributed by atoms with Gasteiger partial charge in [-0.2, -0.15) is 0 Å². The predicted octanol–water partition coefficient (Wildman–Crippen LogP) is 2.27. The molecule has 0 aromatic carbocycles. The van der Waals surface area contributed by atoms with Crippen LogP contribution in [-0.4, -0.2) is 49.9 Å². The second kappa shape index (κ2) is 8.02. The minimum absolute atomic E-state index is 0.00155. The molecule has 0 unspecified atom stereocenters. The zero-order chi connectivity index (χ0) is 21.3. The molecule has 0 bridgehead atoms. The van der Waals surface area contributed by atoms with Gasteiger partial charge in [0.1, 0.15) is 10.3 Å². The number of aliphatic carboxylic acids is 1. The Balaban J connectivity index is 1.87. The predicted molar refractivity (Wildman–Crippen MR) is 109 cm³/mol. The van der Waals surface area contributed by atoms with Crippen molar-refractivity contribution >= 4 is 33.6 Å². The molecule has 1 aliphatic heterocycles. The van der Waals surface area contributed by atoms with E-state index >= 15 is 0 Å². The Morgan fingerprint density at radius 1 is 1.24 bits per heavy atom. The van der Waals surface area contributed by atoms with Crippen LogP contribution in [0.2, 0.25) is 0 Å².